The summed E-state index contributed by atoms with van der Waals surface area (Å²) in [6, 6.07) is 8.08. The highest BCUT2D eigenvalue weighted by molar-refractivity contribution is 7.99. The highest BCUT2D eigenvalue weighted by atomic mass is 35.5. The number of hydrogen-bond donors (Lipinski definition) is 1. The van der Waals surface area contributed by atoms with Crippen LogP contribution >= 0.6 is 23.4 Å². The fraction of sp³-hybridized carbons (Fsp3) is 0.417. The van der Waals surface area contributed by atoms with Crippen LogP contribution in [0.4, 0.5) is 0 Å². The summed E-state index contributed by atoms with van der Waals surface area (Å²) in [5, 5.41) is 2.97. The molecule has 0 saturated heterocycles. The molecule has 86 valence electrons. The molecular weight excluding hydrogens is 242 g/mol. The van der Waals surface area contributed by atoms with E-state index < -0.39 is 0 Å². The summed E-state index contributed by atoms with van der Waals surface area (Å²) in [6.45, 7) is 0. The minimum absolute atomic E-state index is 0.0248. The zero-order valence-corrected chi connectivity index (χ0v) is 10.6. The molecule has 2 unspecified atom stereocenters. The van der Waals surface area contributed by atoms with Gasteiger partial charge in [-0.05, 0) is 23.8 Å². The molecule has 0 saturated carbocycles. The van der Waals surface area contributed by atoms with Crippen LogP contribution < -0.4 is 5.32 Å². The van der Waals surface area contributed by atoms with Gasteiger partial charge in [0.25, 0.3) is 0 Å². The normalized spacial score (nSPS) is 22.9. The Morgan fingerprint density at radius 2 is 2.31 bits per heavy atom. The number of benzene rings is 1. The molecule has 0 fully saturated rings. The molecule has 4 heteroatoms. The van der Waals surface area contributed by atoms with Crippen molar-refractivity contribution in [1.29, 1.82) is 0 Å². The van der Waals surface area contributed by atoms with E-state index in [1.54, 1.807) is 0 Å². The van der Waals surface area contributed by atoms with Crippen molar-refractivity contribution in [2.75, 3.05) is 12.0 Å². The number of hydrogen-bond acceptors (Lipinski definition) is 2. The molecule has 1 aromatic carbocycles. The second kappa shape index (κ2) is 5.11. The maximum absolute atomic E-state index is 11.6. The lowest BCUT2D eigenvalue weighted by molar-refractivity contribution is -0.119. The van der Waals surface area contributed by atoms with Crippen LogP contribution in [0.1, 0.15) is 17.2 Å². The van der Waals surface area contributed by atoms with Crippen LogP contribution in [0.5, 0.6) is 0 Å². The van der Waals surface area contributed by atoms with Crippen LogP contribution in [0.15, 0.2) is 24.3 Å². The maximum atomic E-state index is 11.6. The van der Waals surface area contributed by atoms with E-state index in [9.17, 15) is 4.79 Å². The molecule has 2 atom stereocenters. The monoisotopic (exact) mass is 255 g/mol. The zero-order valence-electron chi connectivity index (χ0n) is 9.07. The maximum Gasteiger partial charge on any atom is 0.230 e. The van der Waals surface area contributed by atoms with E-state index in [-0.39, 0.29) is 17.3 Å². The van der Waals surface area contributed by atoms with Gasteiger partial charge < -0.3 is 5.32 Å². The molecule has 1 N–H and O–H groups in total. The van der Waals surface area contributed by atoms with E-state index in [0.717, 1.165) is 12.0 Å². The summed E-state index contributed by atoms with van der Waals surface area (Å²) in [5.74, 6) is 0.544. The van der Waals surface area contributed by atoms with E-state index in [1.165, 1.54) is 17.3 Å². The van der Waals surface area contributed by atoms with Gasteiger partial charge in [-0.2, -0.15) is 11.8 Å². The van der Waals surface area contributed by atoms with E-state index in [0.29, 0.717) is 5.75 Å². The highest BCUT2D eigenvalue weighted by Crippen LogP contribution is 2.34. The Bertz CT molecular complexity index is 396. The van der Waals surface area contributed by atoms with Gasteiger partial charge in [-0.25, -0.2) is 0 Å². The summed E-state index contributed by atoms with van der Waals surface area (Å²) in [7, 11) is 0. The summed E-state index contributed by atoms with van der Waals surface area (Å²) >= 11 is 7.79. The first-order chi connectivity index (χ1) is 7.72. The van der Waals surface area contributed by atoms with Crippen LogP contribution in [0, 0.1) is 0 Å². The number of amides is 1. The Kier molecular flexibility index (Phi) is 3.77. The average Bonchev–Trinajstić information content (AvgIpc) is 2.56. The van der Waals surface area contributed by atoms with Crippen molar-refractivity contribution >= 4 is 29.3 Å². The number of fused-ring (bicyclic) bond motifs is 1. The molecule has 1 aromatic rings. The van der Waals surface area contributed by atoms with E-state index in [2.05, 4.69) is 11.4 Å². The molecule has 0 aromatic heterocycles. The molecule has 0 bridgehead atoms. The van der Waals surface area contributed by atoms with Crippen LogP contribution in [0.25, 0.3) is 0 Å². The number of rotatable bonds is 3. The Morgan fingerprint density at radius 1 is 1.56 bits per heavy atom. The Labute approximate surface area is 105 Å². The van der Waals surface area contributed by atoms with Gasteiger partial charge in [0.05, 0.1) is 17.2 Å². The minimum atomic E-state index is -0.0301. The number of alkyl halides is 1. The van der Waals surface area contributed by atoms with Gasteiger partial charge in [-0.3, -0.25) is 4.79 Å². The van der Waals surface area contributed by atoms with Gasteiger partial charge in [-0.1, -0.05) is 24.3 Å². The lowest BCUT2D eigenvalue weighted by Crippen LogP contribution is -2.32. The first kappa shape index (κ1) is 11.8. The second-order valence-corrected chi connectivity index (χ2v) is 5.32. The average molecular weight is 256 g/mol. The summed E-state index contributed by atoms with van der Waals surface area (Å²) in [6.07, 6.45) is 2.75. The van der Waals surface area contributed by atoms with Crippen molar-refractivity contribution in [2.45, 2.75) is 17.8 Å². The SMILES string of the molecule is CSCC(=O)NC1c2ccccc2CC1Cl. The lowest BCUT2D eigenvalue weighted by atomic mass is 10.1. The van der Waals surface area contributed by atoms with Gasteiger partial charge in [-0.15, -0.1) is 11.6 Å². The Balaban J connectivity index is 2.13. The van der Waals surface area contributed by atoms with Crippen LogP contribution in [-0.4, -0.2) is 23.3 Å². The molecule has 0 spiro atoms. The Morgan fingerprint density at radius 3 is 3.06 bits per heavy atom. The molecule has 16 heavy (non-hydrogen) atoms. The first-order valence-electron chi connectivity index (χ1n) is 5.22. The highest BCUT2D eigenvalue weighted by Gasteiger charge is 2.31. The smallest absolute Gasteiger partial charge is 0.230 e. The molecule has 0 heterocycles. The largest absolute Gasteiger partial charge is 0.347 e. The first-order valence-corrected chi connectivity index (χ1v) is 7.05. The molecule has 2 rings (SSSR count). The third-order valence-electron chi connectivity index (χ3n) is 2.76. The number of halogens is 1. The summed E-state index contributed by atoms with van der Waals surface area (Å²) < 4.78 is 0. The standard InChI is InChI=1S/C12H14ClNOS/c1-16-7-11(15)14-12-9-5-3-2-4-8(9)6-10(12)13/h2-5,10,12H,6-7H2,1H3,(H,14,15). The van der Waals surface area contributed by atoms with Crippen LogP contribution in [-0.2, 0) is 11.2 Å². The van der Waals surface area contributed by atoms with Crippen molar-refractivity contribution in [3.63, 3.8) is 0 Å². The molecule has 2 nitrogen and oxygen atoms in total. The van der Waals surface area contributed by atoms with Crippen molar-refractivity contribution in [3.8, 4) is 0 Å². The molecule has 0 aliphatic heterocycles. The number of thioether (sulfide) groups is 1. The molecule has 1 aliphatic rings. The van der Waals surface area contributed by atoms with Crippen molar-refractivity contribution < 1.29 is 4.79 Å². The lowest BCUT2D eigenvalue weighted by Gasteiger charge is -2.17. The molecule has 1 aliphatic carbocycles. The Hall–Kier alpha value is -0.670. The number of nitrogens with one attached hydrogen (secondary N) is 1. The van der Waals surface area contributed by atoms with E-state index >= 15 is 0 Å². The predicted molar refractivity (Wildman–Crippen MR) is 69.1 cm³/mol. The summed E-state index contributed by atoms with van der Waals surface area (Å²) in [5.41, 5.74) is 2.41. The summed E-state index contributed by atoms with van der Waals surface area (Å²) in [4.78, 5) is 11.6. The van der Waals surface area contributed by atoms with Gasteiger partial charge >= 0.3 is 0 Å². The molecule has 1 amide bonds. The fourth-order valence-corrected chi connectivity index (χ4v) is 2.77. The third-order valence-corrected chi connectivity index (χ3v) is 3.72. The van der Waals surface area contributed by atoms with E-state index in [1.807, 2.05) is 24.5 Å². The van der Waals surface area contributed by atoms with Gasteiger partial charge in [0, 0.05) is 0 Å². The zero-order chi connectivity index (χ0) is 11.5. The van der Waals surface area contributed by atoms with Crippen LogP contribution in [0.2, 0.25) is 0 Å². The molecular formula is C12H14ClNOS. The van der Waals surface area contributed by atoms with Crippen molar-refractivity contribution in [2.24, 2.45) is 0 Å². The minimum Gasteiger partial charge on any atom is -0.347 e. The van der Waals surface area contributed by atoms with Gasteiger partial charge in [0.2, 0.25) is 5.91 Å². The fourth-order valence-electron chi connectivity index (χ4n) is 2.06. The second-order valence-electron chi connectivity index (χ2n) is 3.90. The third kappa shape index (κ3) is 2.36. The quantitative estimate of drug-likeness (QED) is 0.841. The van der Waals surface area contributed by atoms with Crippen molar-refractivity contribution in [3.05, 3.63) is 35.4 Å². The number of carbonyl (C=O) groups excluding carboxylic acids is 1. The van der Waals surface area contributed by atoms with Gasteiger partial charge in [0.1, 0.15) is 0 Å². The predicted octanol–water partition coefficient (Wildman–Crippen LogP) is 2.37. The molecule has 0 radical (unpaired) electrons. The van der Waals surface area contributed by atoms with Crippen LogP contribution in [0.3, 0.4) is 0 Å². The topological polar surface area (TPSA) is 29.1 Å². The van der Waals surface area contributed by atoms with Crippen molar-refractivity contribution in [1.82, 2.24) is 5.32 Å². The number of carbonyl (C=O) groups is 1. The van der Waals surface area contributed by atoms with Gasteiger partial charge in [0.15, 0.2) is 0 Å². The van der Waals surface area contributed by atoms with E-state index in [4.69, 9.17) is 11.6 Å².